The van der Waals surface area contributed by atoms with Crippen molar-refractivity contribution in [1.82, 2.24) is 20.8 Å². The molecule has 1 atom stereocenters. The van der Waals surface area contributed by atoms with E-state index < -0.39 is 0 Å². The van der Waals surface area contributed by atoms with E-state index in [4.69, 9.17) is 0 Å². The first kappa shape index (κ1) is 16.2. The average molecular weight is 295 g/mol. The molecule has 2 aromatic rings. The molecule has 1 amide bonds. The fourth-order valence-corrected chi connectivity index (χ4v) is 1.73. The lowest BCUT2D eigenvalue weighted by Crippen LogP contribution is -2.37. The van der Waals surface area contributed by atoms with Gasteiger partial charge in [-0.1, -0.05) is 30.3 Å². The number of likely N-dealkylation sites (N-methyl/N-ethyl adjacent to an activating group) is 1. The molecule has 1 heterocycles. The summed E-state index contributed by atoms with van der Waals surface area (Å²) in [6.07, 6.45) is 1.56. The normalized spacial score (nSPS) is 11.5. The predicted molar refractivity (Wildman–Crippen MR) is 82.1 cm³/mol. The number of carbonyl (C=O) groups excluding carboxylic acids is 1. The first-order valence-corrected chi connectivity index (χ1v) is 6.26. The van der Waals surface area contributed by atoms with Gasteiger partial charge < -0.3 is 10.6 Å². The Bertz CT molecular complexity index is 541. The zero-order chi connectivity index (χ0) is 13.7. The standard InChI is InChI=1S/C14H18N4O.ClH/c1-10(15-2)8-16-14(19)12-9-17-18-13(12)11-6-4-3-5-7-11;/h3-7,9-10,15H,8H2,1-2H3,(H,16,19)(H,17,18);1H. The molecule has 0 aliphatic heterocycles. The van der Waals surface area contributed by atoms with Gasteiger partial charge in [-0.2, -0.15) is 5.10 Å². The highest BCUT2D eigenvalue weighted by molar-refractivity contribution is 5.99. The predicted octanol–water partition coefficient (Wildman–Crippen LogP) is 1.84. The summed E-state index contributed by atoms with van der Waals surface area (Å²) in [4.78, 5) is 12.1. The highest BCUT2D eigenvalue weighted by Gasteiger charge is 2.15. The SMILES string of the molecule is CNC(C)CNC(=O)c1cn[nH]c1-c1ccccc1.Cl. The lowest BCUT2D eigenvalue weighted by molar-refractivity contribution is 0.0951. The average Bonchev–Trinajstić information content (AvgIpc) is 2.94. The first-order chi connectivity index (χ1) is 9.22. The molecule has 0 bridgehead atoms. The Morgan fingerprint density at radius 1 is 1.35 bits per heavy atom. The Morgan fingerprint density at radius 3 is 2.70 bits per heavy atom. The maximum absolute atomic E-state index is 12.1. The van der Waals surface area contributed by atoms with Gasteiger partial charge in [-0.3, -0.25) is 9.89 Å². The van der Waals surface area contributed by atoms with Crippen LogP contribution in [0.3, 0.4) is 0 Å². The van der Waals surface area contributed by atoms with Crippen molar-refractivity contribution in [3.63, 3.8) is 0 Å². The van der Waals surface area contributed by atoms with E-state index in [0.29, 0.717) is 12.1 Å². The molecule has 108 valence electrons. The lowest BCUT2D eigenvalue weighted by Gasteiger charge is -2.11. The maximum atomic E-state index is 12.1. The van der Waals surface area contributed by atoms with Gasteiger partial charge in [-0.25, -0.2) is 0 Å². The largest absolute Gasteiger partial charge is 0.350 e. The Labute approximate surface area is 124 Å². The molecule has 1 aromatic carbocycles. The van der Waals surface area contributed by atoms with Crippen molar-refractivity contribution in [3.05, 3.63) is 42.1 Å². The summed E-state index contributed by atoms with van der Waals surface area (Å²) < 4.78 is 0. The number of H-pyrrole nitrogens is 1. The van der Waals surface area contributed by atoms with Crippen LogP contribution in [0.25, 0.3) is 11.3 Å². The molecular weight excluding hydrogens is 276 g/mol. The monoisotopic (exact) mass is 294 g/mol. The number of halogens is 1. The number of aromatic amines is 1. The van der Waals surface area contributed by atoms with Crippen molar-refractivity contribution in [2.45, 2.75) is 13.0 Å². The van der Waals surface area contributed by atoms with E-state index in [9.17, 15) is 4.79 Å². The third-order valence-corrected chi connectivity index (χ3v) is 3.01. The van der Waals surface area contributed by atoms with Crippen molar-refractivity contribution >= 4 is 18.3 Å². The number of amides is 1. The fourth-order valence-electron chi connectivity index (χ4n) is 1.73. The van der Waals surface area contributed by atoms with Crippen LogP contribution in [0.2, 0.25) is 0 Å². The summed E-state index contributed by atoms with van der Waals surface area (Å²) in [7, 11) is 1.87. The molecule has 0 aliphatic rings. The molecule has 0 spiro atoms. The minimum Gasteiger partial charge on any atom is -0.350 e. The Balaban J connectivity index is 0.00000200. The van der Waals surface area contributed by atoms with Gasteiger partial charge in [-0.05, 0) is 14.0 Å². The minimum atomic E-state index is -0.116. The Morgan fingerprint density at radius 2 is 2.05 bits per heavy atom. The van der Waals surface area contributed by atoms with E-state index in [1.54, 1.807) is 6.20 Å². The molecule has 0 fully saturated rings. The van der Waals surface area contributed by atoms with E-state index in [-0.39, 0.29) is 24.4 Å². The molecule has 5 nitrogen and oxygen atoms in total. The Kier molecular flexibility index (Phi) is 6.21. The van der Waals surface area contributed by atoms with Gasteiger partial charge in [0.2, 0.25) is 0 Å². The lowest BCUT2D eigenvalue weighted by atomic mass is 10.1. The number of hydrogen-bond acceptors (Lipinski definition) is 3. The molecule has 1 aromatic heterocycles. The molecule has 1 unspecified atom stereocenters. The van der Waals surface area contributed by atoms with Gasteiger partial charge in [0.1, 0.15) is 0 Å². The third kappa shape index (κ3) is 3.82. The number of aromatic nitrogens is 2. The topological polar surface area (TPSA) is 69.8 Å². The Hall–Kier alpha value is -1.85. The zero-order valence-corrected chi connectivity index (χ0v) is 12.3. The highest BCUT2D eigenvalue weighted by atomic mass is 35.5. The first-order valence-electron chi connectivity index (χ1n) is 6.26. The number of carbonyl (C=O) groups is 1. The summed E-state index contributed by atoms with van der Waals surface area (Å²) in [5, 5.41) is 12.8. The van der Waals surface area contributed by atoms with Crippen molar-refractivity contribution < 1.29 is 4.79 Å². The summed E-state index contributed by atoms with van der Waals surface area (Å²) in [5.74, 6) is -0.116. The molecule has 0 aliphatic carbocycles. The van der Waals surface area contributed by atoms with Crippen molar-refractivity contribution in [3.8, 4) is 11.3 Å². The van der Waals surface area contributed by atoms with Gasteiger partial charge >= 0.3 is 0 Å². The van der Waals surface area contributed by atoms with Crippen LogP contribution < -0.4 is 10.6 Å². The van der Waals surface area contributed by atoms with Crippen molar-refractivity contribution in [1.29, 1.82) is 0 Å². The second kappa shape index (κ2) is 7.67. The number of rotatable bonds is 5. The van der Waals surface area contributed by atoms with Crippen LogP contribution in [-0.2, 0) is 0 Å². The van der Waals surface area contributed by atoms with E-state index >= 15 is 0 Å². The molecule has 0 saturated heterocycles. The van der Waals surface area contributed by atoms with Gasteiger partial charge in [0.05, 0.1) is 17.5 Å². The molecule has 2 rings (SSSR count). The molecule has 0 radical (unpaired) electrons. The van der Waals surface area contributed by atoms with Crippen LogP contribution in [0, 0.1) is 0 Å². The second-order valence-electron chi connectivity index (χ2n) is 4.42. The number of hydrogen-bond donors (Lipinski definition) is 3. The summed E-state index contributed by atoms with van der Waals surface area (Å²) in [5.41, 5.74) is 2.26. The summed E-state index contributed by atoms with van der Waals surface area (Å²) in [6.45, 7) is 2.59. The molecule has 20 heavy (non-hydrogen) atoms. The smallest absolute Gasteiger partial charge is 0.255 e. The van der Waals surface area contributed by atoms with E-state index in [2.05, 4.69) is 20.8 Å². The van der Waals surface area contributed by atoms with Crippen LogP contribution >= 0.6 is 12.4 Å². The van der Waals surface area contributed by atoms with Gasteiger partial charge in [0.15, 0.2) is 0 Å². The highest BCUT2D eigenvalue weighted by Crippen LogP contribution is 2.20. The molecule has 0 saturated carbocycles. The maximum Gasteiger partial charge on any atom is 0.255 e. The second-order valence-corrected chi connectivity index (χ2v) is 4.42. The van der Waals surface area contributed by atoms with Crippen LogP contribution in [0.15, 0.2) is 36.5 Å². The quantitative estimate of drug-likeness (QED) is 0.788. The summed E-state index contributed by atoms with van der Waals surface area (Å²) >= 11 is 0. The minimum absolute atomic E-state index is 0. The van der Waals surface area contributed by atoms with Crippen LogP contribution in [0.5, 0.6) is 0 Å². The van der Waals surface area contributed by atoms with Gasteiger partial charge in [-0.15, -0.1) is 12.4 Å². The summed E-state index contributed by atoms with van der Waals surface area (Å²) in [6, 6.07) is 9.92. The number of nitrogens with zero attached hydrogens (tertiary/aromatic N) is 1. The van der Waals surface area contributed by atoms with Crippen LogP contribution in [0.4, 0.5) is 0 Å². The number of benzene rings is 1. The van der Waals surface area contributed by atoms with Gasteiger partial charge in [0, 0.05) is 18.2 Å². The molecule has 6 heteroatoms. The van der Waals surface area contributed by atoms with E-state index in [1.165, 1.54) is 0 Å². The van der Waals surface area contributed by atoms with Crippen LogP contribution in [0.1, 0.15) is 17.3 Å². The van der Waals surface area contributed by atoms with E-state index in [0.717, 1.165) is 11.3 Å². The van der Waals surface area contributed by atoms with Gasteiger partial charge in [0.25, 0.3) is 5.91 Å². The third-order valence-electron chi connectivity index (χ3n) is 3.01. The number of nitrogens with one attached hydrogen (secondary N) is 3. The molecular formula is C14H19ClN4O. The fraction of sp³-hybridized carbons (Fsp3) is 0.286. The van der Waals surface area contributed by atoms with Crippen molar-refractivity contribution in [2.24, 2.45) is 0 Å². The molecule has 3 N–H and O–H groups in total. The zero-order valence-electron chi connectivity index (χ0n) is 11.5. The van der Waals surface area contributed by atoms with E-state index in [1.807, 2.05) is 44.3 Å². The van der Waals surface area contributed by atoms with Crippen LogP contribution in [-0.4, -0.2) is 35.7 Å². The van der Waals surface area contributed by atoms with Crippen molar-refractivity contribution in [2.75, 3.05) is 13.6 Å².